The molecule has 0 saturated heterocycles. The third-order valence-electron chi connectivity index (χ3n) is 6.75. The van der Waals surface area contributed by atoms with E-state index < -0.39 is 0 Å². The highest BCUT2D eigenvalue weighted by molar-refractivity contribution is 6.08. The predicted octanol–water partition coefficient (Wildman–Crippen LogP) is 5.46. The summed E-state index contributed by atoms with van der Waals surface area (Å²) in [4.78, 5) is 17.9. The van der Waals surface area contributed by atoms with Gasteiger partial charge in [-0.25, -0.2) is 4.68 Å². The van der Waals surface area contributed by atoms with Gasteiger partial charge in [-0.3, -0.25) is 4.79 Å². The molecule has 0 saturated carbocycles. The van der Waals surface area contributed by atoms with E-state index in [4.69, 9.17) is 10.5 Å². The summed E-state index contributed by atoms with van der Waals surface area (Å²) in [6, 6.07) is 13.6. The van der Waals surface area contributed by atoms with E-state index >= 15 is 0 Å². The van der Waals surface area contributed by atoms with E-state index in [1.807, 2.05) is 35.2 Å². The van der Waals surface area contributed by atoms with Crippen LogP contribution in [0.1, 0.15) is 54.0 Å². The van der Waals surface area contributed by atoms with Gasteiger partial charge in [-0.15, -0.1) is 0 Å². The quantitative estimate of drug-likeness (QED) is 0.458. The van der Waals surface area contributed by atoms with Gasteiger partial charge in [-0.05, 0) is 74.7 Å². The smallest absolute Gasteiger partial charge is 0.277 e. The number of amides is 1. The zero-order chi connectivity index (χ0) is 26.0. The van der Waals surface area contributed by atoms with Crippen LogP contribution in [-0.4, -0.2) is 36.4 Å². The van der Waals surface area contributed by atoms with E-state index in [-0.39, 0.29) is 5.91 Å². The molecule has 7 heteroatoms. The number of carbonyl (C=O) groups excluding carboxylic acids is 1. The maximum Gasteiger partial charge on any atom is 0.277 e. The Morgan fingerprint density at radius 2 is 1.92 bits per heavy atom. The van der Waals surface area contributed by atoms with Crippen LogP contribution >= 0.6 is 0 Å². The average Bonchev–Trinajstić information content (AvgIpc) is 3.28. The molecular weight excluding hydrogens is 450 g/mol. The van der Waals surface area contributed by atoms with Crippen molar-refractivity contribution >= 4 is 23.0 Å². The fourth-order valence-electron chi connectivity index (χ4n) is 4.64. The highest BCUT2D eigenvalue weighted by Crippen LogP contribution is 2.33. The number of ether oxygens (including phenoxy) is 1. The lowest BCUT2D eigenvalue weighted by Gasteiger charge is -2.29. The third kappa shape index (κ3) is 4.61. The number of allylic oxidation sites excluding steroid dienone is 2. The molecule has 0 radical (unpaired) electrons. The van der Waals surface area contributed by atoms with Crippen molar-refractivity contribution in [3.63, 3.8) is 0 Å². The number of carbonyl (C=O) groups is 1. The number of methoxy groups -OCH3 is 1. The molecule has 1 aromatic heterocycles. The van der Waals surface area contributed by atoms with Gasteiger partial charge in [0.25, 0.3) is 5.91 Å². The molecule has 3 aromatic rings. The fourth-order valence-corrected chi connectivity index (χ4v) is 4.64. The Hall–Kier alpha value is -4.00. The number of rotatable bonds is 8. The van der Waals surface area contributed by atoms with Crippen molar-refractivity contribution in [2.45, 2.75) is 40.0 Å². The van der Waals surface area contributed by atoms with Crippen LogP contribution in [0.15, 0.2) is 60.8 Å². The van der Waals surface area contributed by atoms with Crippen LogP contribution in [-0.2, 0) is 6.42 Å². The van der Waals surface area contributed by atoms with Gasteiger partial charge in [0, 0.05) is 36.2 Å². The SMILES string of the molecule is C=C(N)c1nn(-c2ccc(OC)cc2)c2c1CCN(c1ccc(N(C)C(C)=CCCC)c(C)c1)C2=O. The molecule has 1 amide bonds. The topological polar surface area (TPSA) is 76.6 Å². The van der Waals surface area contributed by atoms with E-state index in [9.17, 15) is 4.79 Å². The second kappa shape index (κ2) is 10.3. The molecule has 1 aliphatic heterocycles. The number of aryl methyl sites for hydroxylation is 1. The molecule has 4 rings (SSSR count). The van der Waals surface area contributed by atoms with Gasteiger partial charge in [0.15, 0.2) is 0 Å². The molecule has 0 bridgehead atoms. The molecular formula is C29H35N5O2. The molecule has 0 spiro atoms. The number of fused-ring (bicyclic) bond motifs is 1. The minimum Gasteiger partial charge on any atom is -0.497 e. The summed E-state index contributed by atoms with van der Waals surface area (Å²) in [5.41, 5.74) is 13.4. The Bertz CT molecular complexity index is 1320. The van der Waals surface area contributed by atoms with Crippen molar-refractivity contribution in [1.29, 1.82) is 0 Å². The van der Waals surface area contributed by atoms with E-state index in [0.29, 0.717) is 30.1 Å². The second-order valence-corrected chi connectivity index (χ2v) is 9.18. The molecule has 0 atom stereocenters. The second-order valence-electron chi connectivity index (χ2n) is 9.18. The van der Waals surface area contributed by atoms with Crippen LogP contribution in [0.4, 0.5) is 11.4 Å². The van der Waals surface area contributed by atoms with Gasteiger partial charge < -0.3 is 20.3 Å². The Morgan fingerprint density at radius 3 is 2.53 bits per heavy atom. The number of anilines is 2. The van der Waals surface area contributed by atoms with E-state index in [1.165, 1.54) is 5.70 Å². The summed E-state index contributed by atoms with van der Waals surface area (Å²) in [6.07, 6.45) is 5.07. The Balaban J connectivity index is 1.71. The lowest BCUT2D eigenvalue weighted by molar-refractivity contribution is 0.0973. The van der Waals surface area contributed by atoms with E-state index in [0.717, 1.165) is 46.8 Å². The summed E-state index contributed by atoms with van der Waals surface area (Å²) >= 11 is 0. The molecule has 2 N–H and O–H groups in total. The Kier molecular flexibility index (Phi) is 7.20. The maximum atomic E-state index is 13.9. The Labute approximate surface area is 213 Å². The molecule has 0 fully saturated rings. The third-order valence-corrected chi connectivity index (χ3v) is 6.75. The first kappa shape index (κ1) is 25.1. The first-order valence-electron chi connectivity index (χ1n) is 12.3. The minimum absolute atomic E-state index is 0.105. The summed E-state index contributed by atoms with van der Waals surface area (Å²) in [5.74, 6) is 0.628. The summed E-state index contributed by atoms with van der Waals surface area (Å²) in [6.45, 7) is 10.8. The van der Waals surface area contributed by atoms with Gasteiger partial charge in [-0.2, -0.15) is 5.10 Å². The zero-order valence-electron chi connectivity index (χ0n) is 21.8. The molecule has 2 heterocycles. The van der Waals surface area contributed by atoms with Crippen LogP contribution in [0.5, 0.6) is 5.75 Å². The molecule has 1 aliphatic rings. The summed E-state index contributed by atoms with van der Waals surface area (Å²) in [5, 5.41) is 4.69. The number of hydrogen-bond donors (Lipinski definition) is 1. The van der Waals surface area contributed by atoms with Crippen molar-refractivity contribution in [3.8, 4) is 11.4 Å². The molecule has 188 valence electrons. The first-order valence-corrected chi connectivity index (χ1v) is 12.3. The van der Waals surface area contributed by atoms with Crippen LogP contribution in [0.2, 0.25) is 0 Å². The normalized spacial score (nSPS) is 13.5. The maximum absolute atomic E-state index is 13.9. The van der Waals surface area contributed by atoms with E-state index in [1.54, 1.807) is 11.8 Å². The number of nitrogens with zero attached hydrogens (tertiary/aromatic N) is 4. The van der Waals surface area contributed by atoms with Crippen LogP contribution in [0, 0.1) is 6.92 Å². The zero-order valence-corrected chi connectivity index (χ0v) is 21.8. The average molecular weight is 486 g/mol. The lowest BCUT2D eigenvalue weighted by Crippen LogP contribution is -2.39. The number of unbranched alkanes of at least 4 members (excludes halogenated alkanes) is 1. The number of hydrogen-bond acceptors (Lipinski definition) is 5. The van der Waals surface area contributed by atoms with E-state index in [2.05, 4.69) is 62.6 Å². The number of benzene rings is 2. The van der Waals surface area contributed by atoms with Gasteiger partial charge in [0.05, 0.1) is 18.5 Å². The van der Waals surface area contributed by atoms with Crippen LogP contribution in [0.3, 0.4) is 0 Å². The molecule has 2 aromatic carbocycles. The minimum atomic E-state index is -0.105. The summed E-state index contributed by atoms with van der Waals surface area (Å²) in [7, 11) is 3.70. The molecule has 0 unspecified atom stereocenters. The number of nitrogens with two attached hydrogens (primary N) is 1. The van der Waals surface area contributed by atoms with Gasteiger partial charge in [-0.1, -0.05) is 26.0 Å². The Morgan fingerprint density at radius 1 is 1.22 bits per heavy atom. The highest BCUT2D eigenvalue weighted by Gasteiger charge is 2.33. The highest BCUT2D eigenvalue weighted by atomic mass is 16.5. The molecule has 36 heavy (non-hydrogen) atoms. The van der Waals surface area contributed by atoms with Crippen molar-refractivity contribution in [2.75, 3.05) is 30.5 Å². The van der Waals surface area contributed by atoms with Gasteiger partial charge in [0.2, 0.25) is 0 Å². The fraction of sp³-hybridized carbons (Fsp3) is 0.310. The molecule has 0 aliphatic carbocycles. The summed E-state index contributed by atoms with van der Waals surface area (Å²) < 4.78 is 6.96. The van der Waals surface area contributed by atoms with Crippen molar-refractivity contribution < 1.29 is 9.53 Å². The standard InChI is InChI=1S/C29H35N5O2/c1-7-8-9-20(3)32(5)26-15-12-23(18-19(26)2)33-17-16-25-27(21(4)30)31-34(28(25)29(33)35)22-10-13-24(36-6)14-11-22/h9-15,18H,4,7-8,16-17,30H2,1-3,5-6H3. The monoisotopic (exact) mass is 485 g/mol. The largest absolute Gasteiger partial charge is 0.497 e. The van der Waals surface area contributed by atoms with Crippen molar-refractivity contribution in [1.82, 2.24) is 9.78 Å². The lowest BCUT2D eigenvalue weighted by atomic mass is 10.0. The van der Waals surface area contributed by atoms with Gasteiger partial charge in [0.1, 0.15) is 17.1 Å². The van der Waals surface area contributed by atoms with Crippen LogP contribution < -0.4 is 20.3 Å². The predicted molar refractivity (Wildman–Crippen MR) is 147 cm³/mol. The molecule has 7 nitrogen and oxygen atoms in total. The van der Waals surface area contributed by atoms with Crippen molar-refractivity contribution in [3.05, 3.63) is 83.3 Å². The van der Waals surface area contributed by atoms with Crippen molar-refractivity contribution in [2.24, 2.45) is 5.73 Å². The van der Waals surface area contributed by atoms with Gasteiger partial charge >= 0.3 is 0 Å². The first-order chi connectivity index (χ1) is 17.3. The number of aromatic nitrogens is 2. The van der Waals surface area contributed by atoms with Crippen LogP contribution in [0.25, 0.3) is 11.4 Å².